The smallest absolute Gasteiger partial charge is 0.310 e. The number of fused-ring (bicyclic) bond motifs is 1. The molecule has 4 heteroatoms. The van der Waals surface area contributed by atoms with E-state index in [0.717, 1.165) is 11.1 Å². The van der Waals surface area contributed by atoms with E-state index in [1.165, 1.54) is 0 Å². The van der Waals surface area contributed by atoms with Gasteiger partial charge in [-0.05, 0) is 30.4 Å². The van der Waals surface area contributed by atoms with E-state index in [4.69, 9.17) is 5.11 Å². The Kier molecular flexibility index (Phi) is 3.17. The average molecular weight is 236 g/mol. The molecule has 3 N–H and O–H groups in total. The summed E-state index contributed by atoms with van der Waals surface area (Å²) in [4.78, 5) is 11.5. The number of carbonyl (C=O) groups is 1. The molecule has 17 heavy (non-hydrogen) atoms. The van der Waals surface area contributed by atoms with Gasteiger partial charge in [0.25, 0.3) is 0 Å². The number of rotatable bonds is 4. The SMILES string of the molecule is O=C(O)C1(CC(O)CO)Cc2ccccc2C1. The highest BCUT2D eigenvalue weighted by Gasteiger charge is 2.44. The Hall–Kier alpha value is -1.39. The molecule has 4 nitrogen and oxygen atoms in total. The molecule has 1 aromatic carbocycles. The minimum absolute atomic E-state index is 0.0908. The molecule has 0 aliphatic heterocycles. The highest BCUT2D eigenvalue weighted by molar-refractivity contribution is 5.77. The maximum Gasteiger partial charge on any atom is 0.310 e. The molecule has 2 rings (SSSR count). The molecular formula is C13H16O4. The second-order valence-electron chi connectivity index (χ2n) is 4.75. The van der Waals surface area contributed by atoms with Crippen molar-refractivity contribution in [3.8, 4) is 0 Å². The van der Waals surface area contributed by atoms with Crippen molar-refractivity contribution in [2.75, 3.05) is 6.61 Å². The predicted octanol–water partition coefficient (Wildman–Crippen LogP) is 0.599. The van der Waals surface area contributed by atoms with E-state index in [9.17, 15) is 15.0 Å². The Bertz CT molecular complexity index is 402. The molecule has 1 aromatic rings. The summed E-state index contributed by atoms with van der Waals surface area (Å²) in [6, 6.07) is 7.62. The first-order chi connectivity index (χ1) is 8.07. The van der Waals surface area contributed by atoms with Crippen LogP contribution < -0.4 is 0 Å². The molecule has 1 aliphatic rings. The maximum atomic E-state index is 11.5. The van der Waals surface area contributed by atoms with Crippen LogP contribution in [0.5, 0.6) is 0 Å². The van der Waals surface area contributed by atoms with Gasteiger partial charge >= 0.3 is 5.97 Å². The van der Waals surface area contributed by atoms with Gasteiger partial charge < -0.3 is 15.3 Å². The number of carboxylic acids is 1. The number of hydrogen-bond donors (Lipinski definition) is 3. The molecule has 0 amide bonds. The van der Waals surface area contributed by atoms with Crippen molar-refractivity contribution in [2.45, 2.75) is 25.4 Å². The maximum absolute atomic E-state index is 11.5. The van der Waals surface area contributed by atoms with Crippen LogP contribution in [-0.4, -0.2) is 34.0 Å². The normalized spacial score (nSPS) is 18.7. The fraction of sp³-hybridized carbons (Fsp3) is 0.462. The van der Waals surface area contributed by atoms with Gasteiger partial charge in [-0.1, -0.05) is 24.3 Å². The van der Waals surface area contributed by atoms with Crippen LogP contribution in [0, 0.1) is 5.41 Å². The molecule has 92 valence electrons. The number of aliphatic carboxylic acids is 1. The molecule has 0 heterocycles. The summed E-state index contributed by atoms with van der Waals surface area (Å²) < 4.78 is 0. The molecule has 0 spiro atoms. The molecule has 0 fully saturated rings. The van der Waals surface area contributed by atoms with Crippen LogP contribution in [0.25, 0.3) is 0 Å². The van der Waals surface area contributed by atoms with E-state index < -0.39 is 24.1 Å². The zero-order valence-electron chi connectivity index (χ0n) is 9.47. The lowest BCUT2D eigenvalue weighted by Crippen LogP contribution is -2.36. The standard InChI is InChI=1S/C13H16O4/c14-8-11(15)7-13(12(16)17)5-9-3-1-2-4-10(9)6-13/h1-4,11,14-15H,5-8H2,(H,16,17). The summed E-state index contributed by atoms with van der Waals surface area (Å²) in [5.41, 5.74) is 1.09. The Morgan fingerprint density at radius 3 is 2.24 bits per heavy atom. The van der Waals surface area contributed by atoms with E-state index in [1.54, 1.807) is 0 Å². The molecule has 0 aromatic heterocycles. The molecule has 1 aliphatic carbocycles. The number of benzene rings is 1. The molecule has 0 saturated carbocycles. The first kappa shape index (κ1) is 12.1. The van der Waals surface area contributed by atoms with Crippen molar-refractivity contribution in [1.82, 2.24) is 0 Å². The van der Waals surface area contributed by atoms with Gasteiger partial charge in [-0.2, -0.15) is 0 Å². The minimum atomic E-state index is -0.972. The van der Waals surface area contributed by atoms with Crippen LogP contribution in [0.3, 0.4) is 0 Å². The van der Waals surface area contributed by atoms with Gasteiger partial charge in [0.2, 0.25) is 0 Å². The fourth-order valence-corrected chi connectivity index (χ4v) is 2.59. The van der Waals surface area contributed by atoms with Crippen molar-refractivity contribution in [3.63, 3.8) is 0 Å². The van der Waals surface area contributed by atoms with Crippen molar-refractivity contribution in [2.24, 2.45) is 5.41 Å². The number of carboxylic acid groups (broad SMARTS) is 1. The number of aliphatic hydroxyl groups is 2. The molecule has 1 atom stereocenters. The van der Waals surface area contributed by atoms with E-state index in [0.29, 0.717) is 12.8 Å². The lowest BCUT2D eigenvalue weighted by Gasteiger charge is -2.25. The highest BCUT2D eigenvalue weighted by atomic mass is 16.4. The van der Waals surface area contributed by atoms with Crippen molar-refractivity contribution < 1.29 is 20.1 Å². The summed E-state index contributed by atoms with van der Waals surface area (Å²) in [6.45, 7) is -0.397. The van der Waals surface area contributed by atoms with Crippen molar-refractivity contribution >= 4 is 5.97 Å². The highest BCUT2D eigenvalue weighted by Crippen LogP contribution is 2.40. The summed E-state index contributed by atoms with van der Waals surface area (Å²) >= 11 is 0. The van der Waals surface area contributed by atoms with E-state index >= 15 is 0 Å². The first-order valence-electron chi connectivity index (χ1n) is 5.66. The van der Waals surface area contributed by atoms with Crippen LogP contribution in [-0.2, 0) is 17.6 Å². The Morgan fingerprint density at radius 1 is 1.29 bits per heavy atom. The fourth-order valence-electron chi connectivity index (χ4n) is 2.59. The Balaban J connectivity index is 2.26. The van der Waals surface area contributed by atoms with Gasteiger partial charge in [0.1, 0.15) is 0 Å². The molecule has 0 saturated heterocycles. The number of hydrogen-bond acceptors (Lipinski definition) is 3. The zero-order valence-corrected chi connectivity index (χ0v) is 9.47. The van der Waals surface area contributed by atoms with Gasteiger partial charge in [-0.3, -0.25) is 4.79 Å². The average Bonchev–Trinajstić information content (AvgIpc) is 2.68. The molecule has 1 unspecified atom stereocenters. The van der Waals surface area contributed by atoms with E-state index in [-0.39, 0.29) is 6.42 Å². The topological polar surface area (TPSA) is 77.8 Å². The van der Waals surface area contributed by atoms with Gasteiger partial charge in [-0.15, -0.1) is 0 Å². The predicted molar refractivity (Wildman–Crippen MR) is 61.6 cm³/mol. The van der Waals surface area contributed by atoms with Gasteiger partial charge in [0.05, 0.1) is 18.1 Å². The van der Waals surface area contributed by atoms with Crippen LogP contribution in [0.1, 0.15) is 17.5 Å². The van der Waals surface area contributed by atoms with Gasteiger partial charge in [0.15, 0.2) is 0 Å². The quantitative estimate of drug-likeness (QED) is 0.715. The monoisotopic (exact) mass is 236 g/mol. The third kappa shape index (κ3) is 2.18. The van der Waals surface area contributed by atoms with Gasteiger partial charge in [0, 0.05) is 0 Å². The summed E-state index contributed by atoms with van der Waals surface area (Å²) in [6.07, 6.45) is -0.0287. The lowest BCUT2D eigenvalue weighted by atomic mass is 9.79. The zero-order chi connectivity index (χ0) is 12.5. The largest absolute Gasteiger partial charge is 0.481 e. The summed E-state index contributed by atoms with van der Waals surface area (Å²) in [5.74, 6) is -0.902. The van der Waals surface area contributed by atoms with Crippen molar-refractivity contribution in [1.29, 1.82) is 0 Å². The lowest BCUT2D eigenvalue weighted by molar-refractivity contribution is -0.150. The molecule has 0 bridgehead atoms. The van der Waals surface area contributed by atoms with E-state index in [2.05, 4.69) is 0 Å². The summed E-state index contributed by atoms with van der Waals surface area (Å²) in [5, 5.41) is 27.8. The van der Waals surface area contributed by atoms with Crippen LogP contribution in [0.4, 0.5) is 0 Å². The molecule has 0 radical (unpaired) electrons. The molecular weight excluding hydrogens is 220 g/mol. The minimum Gasteiger partial charge on any atom is -0.481 e. The third-order valence-electron chi connectivity index (χ3n) is 3.47. The summed E-state index contributed by atoms with van der Waals surface area (Å²) in [7, 11) is 0. The second-order valence-corrected chi connectivity index (χ2v) is 4.75. The van der Waals surface area contributed by atoms with Crippen LogP contribution in [0.15, 0.2) is 24.3 Å². The first-order valence-corrected chi connectivity index (χ1v) is 5.66. The van der Waals surface area contributed by atoms with Crippen LogP contribution in [0.2, 0.25) is 0 Å². The Labute approximate surface area is 99.5 Å². The second kappa shape index (κ2) is 4.47. The van der Waals surface area contributed by atoms with Crippen molar-refractivity contribution in [3.05, 3.63) is 35.4 Å². The Morgan fingerprint density at radius 2 is 1.82 bits per heavy atom. The number of aliphatic hydroxyl groups excluding tert-OH is 2. The van der Waals surface area contributed by atoms with Crippen LogP contribution >= 0.6 is 0 Å². The van der Waals surface area contributed by atoms with E-state index in [1.807, 2.05) is 24.3 Å². The van der Waals surface area contributed by atoms with Gasteiger partial charge in [-0.25, -0.2) is 0 Å². The third-order valence-corrected chi connectivity index (χ3v) is 3.47.